The molecule has 1 aromatic rings. The third kappa shape index (κ3) is 1.95. The largest absolute Gasteiger partial charge is 0.382 e. The minimum atomic E-state index is 0.199. The molecule has 1 aromatic heterocycles. The van der Waals surface area contributed by atoms with Gasteiger partial charge in [-0.15, -0.1) is 10.2 Å². The highest BCUT2D eigenvalue weighted by molar-refractivity contribution is 5.40. The highest BCUT2D eigenvalue weighted by Gasteiger charge is 2.28. The van der Waals surface area contributed by atoms with E-state index in [0.717, 1.165) is 5.82 Å². The van der Waals surface area contributed by atoms with E-state index in [9.17, 15) is 0 Å². The summed E-state index contributed by atoms with van der Waals surface area (Å²) in [6.07, 6.45) is 5.01. The zero-order valence-electron chi connectivity index (χ0n) is 8.45. The molecule has 0 amide bonds. The average Bonchev–Trinajstić information content (AvgIpc) is 2.57. The van der Waals surface area contributed by atoms with E-state index >= 15 is 0 Å². The Morgan fingerprint density at radius 2 is 2.00 bits per heavy atom. The summed E-state index contributed by atoms with van der Waals surface area (Å²) in [6.45, 7) is 2.23. The molecule has 1 aliphatic rings. The van der Waals surface area contributed by atoms with Gasteiger partial charge in [0.1, 0.15) is 11.6 Å². The highest BCUT2D eigenvalue weighted by Crippen LogP contribution is 2.31. The topological polar surface area (TPSA) is 63.8 Å². The minimum Gasteiger partial charge on any atom is -0.382 e. The van der Waals surface area contributed by atoms with Gasteiger partial charge < -0.3 is 11.1 Å². The first-order valence-electron chi connectivity index (χ1n) is 5.05. The molecule has 76 valence electrons. The standard InChI is InChI=1S/C10H16N4/c1-10(6-2-3-7-10)12-9-5-4-8(11)13-14-9/h4-5H,2-3,6-7H2,1H3,(H2,11,13)(H,12,14). The maximum Gasteiger partial charge on any atom is 0.149 e. The number of nitrogens with two attached hydrogens (primary N) is 1. The number of nitrogens with one attached hydrogen (secondary N) is 1. The molecule has 3 N–H and O–H groups in total. The van der Waals surface area contributed by atoms with Crippen molar-refractivity contribution in [3.05, 3.63) is 12.1 Å². The Morgan fingerprint density at radius 1 is 1.29 bits per heavy atom. The lowest BCUT2D eigenvalue weighted by molar-refractivity contribution is 0.530. The van der Waals surface area contributed by atoms with Crippen LogP contribution in [0.5, 0.6) is 0 Å². The van der Waals surface area contributed by atoms with Gasteiger partial charge >= 0.3 is 0 Å². The van der Waals surface area contributed by atoms with Crippen molar-refractivity contribution < 1.29 is 0 Å². The SMILES string of the molecule is CC1(Nc2ccc(N)nn2)CCCC1. The fourth-order valence-electron chi connectivity index (χ4n) is 2.00. The molecule has 0 atom stereocenters. The van der Waals surface area contributed by atoms with Gasteiger partial charge in [0.2, 0.25) is 0 Å². The maximum atomic E-state index is 5.47. The predicted octanol–water partition coefficient (Wildman–Crippen LogP) is 1.80. The number of hydrogen-bond donors (Lipinski definition) is 2. The molecular formula is C10H16N4. The maximum absolute atomic E-state index is 5.47. The van der Waals surface area contributed by atoms with Gasteiger partial charge in [-0.2, -0.15) is 0 Å². The quantitative estimate of drug-likeness (QED) is 0.750. The molecule has 0 aromatic carbocycles. The van der Waals surface area contributed by atoms with Crippen LogP contribution in [-0.2, 0) is 0 Å². The van der Waals surface area contributed by atoms with Crippen LogP contribution in [-0.4, -0.2) is 15.7 Å². The second-order valence-corrected chi connectivity index (χ2v) is 4.24. The highest BCUT2D eigenvalue weighted by atomic mass is 15.2. The Bertz CT molecular complexity index is 300. The summed E-state index contributed by atoms with van der Waals surface area (Å²) in [5.74, 6) is 1.29. The second kappa shape index (κ2) is 3.44. The van der Waals surface area contributed by atoms with E-state index in [-0.39, 0.29) is 5.54 Å². The van der Waals surface area contributed by atoms with E-state index in [0.29, 0.717) is 5.82 Å². The normalized spacial score (nSPS) is 19.5. The van der Waals surface area contributed by atoms with E-state index < -0.39 is 0 Å². The molecule has 1 aliphatic carbocycles. The first-order valence-corrected chi connectivity index (χ1v) is 5.05. The summed E-state index contributed by atoms with van der Waals surface area (Å²) in [6, 6.07) is 3.65. The fraction of sp³-hybridized carbons (Fsp3) is 0.600. The molecule has 14 heavy (non-hydrogen) atoms. The monoisotopic (exact) mass is 192 g/mol. The van der Waals surface area contributed by atoms with Crippen molar-refractivity contribution in [3.63, 3.8) is 0 Å². The summed E-state index contributed by atoms with van der Waals surface area (Å²) < 4.78 is 0. The van der Waals surface area contributed by atoms with Gasteiger partial charge in [0, 0.05) is 5.54 Å². The van der Waals surface area contributed by atoms with Crippen molar-refractivity contribution in [2.45, 2.75) is 38.1 Å². The molecule has 0 radical (unpaired) electrons. The van der Waals surface area contributed by atoms with Gasteiger partial charge in [-0.3, -0.25) is 0 Å². The zero-order valence-corrected chi connectivity index (χ0v) is 8.45. The van der Waals surface area contributed by atoms with Crippen molar-refractivity contribution >= 4 is 11.6 Å². The third-order valence-corrected chi connectivity index (χ3v) is 2.82. The van der Waals surface area contributed by atoms with Gasteiger partial charge in [0.05, 0.1) is 0 Å². The number of anilines is 2. The average molecular weight is 192 g/mol. The van der Waals surface area contributed by atoms with Crippen LogP contribution in [0.15, 0.2) is 12.1 Å². The molecular weight excluding hydrogens is 176 g/mol. The molecule has 1 saturated carbocycles. The second-order valence-electron chi connectivity index (χ2n) is 4.24. The van der Waals surface area contributed by atoms with Gasteiger partial charge in [0.15, 0.2) is 0 Å². The number of hydrogen-bond acceptors (Lipinski definition) is 4. The Kier molecular flexibility index (Phi) is 2.27. The first-order chi connectivity index (χ1) is 6.68. The molecule has 0 spiro atoms. The Hall–Kier alpha value is -1.32. The van der Waals surface area contributed by atoms with Crippen LogP contribution in [0.3, 0.4) is 0 Å². The van der Waals surface area contributed by atoms with E-state index in [1.807, 2.05) is 6.07 Å². The lowest BCUT2D eigenvalue weighted by Gasteiger charge is -2.25. The number of rotatable bonds is 2. The van der Waals surface area contributed by atoms with Gasteiger partial charge in [-0.05, 0) is 31.9 Å². The van der Waals surface area contributed by atoms with Crippen LogP contribution in [0.2, 0.25) is 0 Å². The van der Waals surface area contributed by atoms with E-state index in [1.165, 1.54) is 25.7 Å². The summed E-state index contributed by atoms with van der Waals surface area (Å²) in [5, 5.41) is 11.2. The van der Waals surface area contributed by atoms with Crippen LogP contribution in [0.1, 0.15) is 32.6 Å². The zero-order chi connectivity index (χ0) is 10.0. The van der Waals surface area contributed by atoms with Crippen LogP contribution in [0.4, 0.5) is 11.6 Å². The Morgan fingerprint density at radius 3 is 2.57 bits per heavy atom. The predicted molar refractivity (Wildman–Crippen MR) is 56.9 cm³/mol. The molecule has 0 unspecified atom stereocenters. The smallest absolute Gasteiger partial charge is 0.149 e. The van der Waals surface area contributed by atoms with Crippen LogP contribution in [0.25, 0.3) is 0 Å². The third-order valence-electron chi connectivity index (χ3n) is 2.82. The summed E-state index contributed by atoms with van der Waals surface area (Å²) in [5.41, 5.74) is 5.67. The molecule has 4 heteroatoms. The van der Waals surface area contributed by atoms with E-state index in [4.69, 9.17) is 5.73 Å². The van der Waals surface area contributed by atoms with Crippen LogP contribution in [0, 0.1) is 0 Å². The van der Waals surface area contributed by atoms with Crippen LogP contribution >= 0.6 is 0 Å². The fourth-order valence-corrected chi connectivity index (χ4v) is 2.00. The van der Waals surface area contributed by atoms with Gasteiger partial charge in [-0.1, -0.05) is 12.8 Å². The van der Waals surface area contributed by atoms with Crippen molar-refractivity contribution in [1.29, 1.82) is 0 Å². The lowest BCUT2D eigenvalue weighted by Crippen LogP contribution is -2.31. The van der Waals surface area contributed by atoms with E-state index in [2.05, 4.69) is 22.4 Å². The molecule has 2 rings (SSSR count). The lowest BCUT2D eigenvalue weighted by atomic mass is 10.0. The molecule has 0 bridgehead atoms. The Balaban J connectivity index is 2.06. The van der Waals surface area contributed by atoms with Crippen molar-refractivity contribution in [3.8, 4) is 0 Å². The number of nitrogen functional groups attached to an aromatic ring is 1. The molecule has 4 nitrogen and oxygen atoms in total. The van der Waals surface area contributed by atoms with Crippen LogP contribution < -0.4 is 11.1 Å². The summed E-state index contributed by atoms with van der Waals surface area (Å²) in [4.78, 5) is 0. The van der Waals surface area contributed by atoms with E-state index in [1.54, 1.807) is 6.07 Å². The van der Waals surface area contributed by atoms with Gasteiger partial charge in [0.25, 0.3) is 0 Å². The number of aromatic nitrogens is 2. The van der Waals surface area contributed by atoms with Crippen molar-refractivity contribution in [2.75, 3.05) is 11.1 Å². The molecule has 1 heterocycles. The summed E-state index contributed by atoms with van der Waals surface area (Å²) >= 11 is 0. The van der Waals surface area contributed by atoms with Crippen molar-refractivity contribution in [2.24, 2.45) is 0 Å². The van der Waals surface area contributed by atoms with Crippen molar-refractivity contribution in [1.82, 2.24) is 10.2 Å². The van der Waals surface area contributed by atoms with Gasteiger partial charge in [-0.25, -0.2) is 0 Å². The first kappa shape index (κ1) is 9.24. The Labute approximate surface area is 83.9 Å². The molecule has 0 aliphatic heterocycles. The summed E-state index contributed by atoms with van der Waals surface area (Å²) in [7, 11) is 0. The minimum absolute atomic E-state index is 0.199. The molecule has 0 saturated heterocycles. The molecule has 1 fully saturated rings. The number of nitrogens with zero attached hydrogens (tertiary/aromatic N) is 2.